The van der Waals surface area contributed by atoms with Gasteiger partial charge in [0.15, 0.2) is 0 Å². The van der Waals surface area contributed by atoms with Crippen LogP contribution in [0.15, 0.2) is 4.52 Å². The average molecular weight is 266 g/mol. The van der Waals surface area contributed by atoms with Crippen molar-refractivity contribution in [2.24, 2.45) is 0 Å². The molecule has 0 bridgehead atoms. The van der Waals surface area contributed by atoms with Crippen LogP contribution < -0.4 is 5.32 Å². The molecule has 3 heterocycles. The molecule has 0 aliphatic carbocycles. The number of aliphatic hydroxyl groups is 1. The van der Waals surface area contributed by atoms with Gasteiger partial charge in [0, 0.05) is 6.54 Å². The van der Waals surface area contributed by atoms with Gasteiger partial charge in [0.05, 0.1) is 18.7 Å². The van der Waals surface area contributed by atoms with Crippen molar-refractivity contribution in [1.29, 1.82) is 0 Å². The van der Waals surface area contributed by atoms with E-state index in [1.807, 2.05) is 0 Å². The van der Waals surface area contributed by atoms with Crippen molar-refractivity contribution >= 4 is 5.91 Å². The largest absolute Gasteiger partial charge is 0.394 e. The lowest BCUT2D eigenvalue weighted by Crippen LogP contribution is -2.38. The van der Waals surface area contributed by atoms with Gasteiger partial charge in [0.1, 0.15) is 0 Å². The highest BCUT2D eigenvalue weighted by atomic mass is 16.5. The second-order valence-corrected chi connectivity index (χ2v) is 5.08. The van der Waals surface area contributed by atoms with Gasteiger partial charge in [-0.3, -0.25) is 4.79 Å². The van der Waals surface area contributed by atoms with E-state index in [-0.39, 0.29) is 30.4 Å². The Kier molecular flexibility index (Phi) is 3.48. The molecular formula is C12H18N4O3. The van der Waals surface area contributed by atoms with Crippen molar-refractivity contribution in [3.05, 3.63) is 11.7 Å². The first-order valence-electron chi connectivity index (χ1n) is 6.78. The van der Waals surface area contributed by atoms with Gasteiger partial charge < -0.3 is 19.8 Å². The Hall–Kier alpha value is -1.47. The molecule has 104 valence electrons. The Balaban J connectivity index is 1.73. The molecule has 0 saturated carbocycles. The van der Waals surface area contributed by atoms with Gasteiger partial charge in [-0.25, -0.2) is 0 Å². The minimum absolute atomic E-state index is 0.0133. The summed E-state index contributed by atoms with van der Waals surface area (Å²) in [5, 5.41) is 16.3. The third-order valence-electron chi connectivity index (χ3n) is 3.84. The van der Waals surface area contributed by atoms with E-state index in [0.717, 1.165) is 32.2 Å². The van der Waals surface area contributed by atoms with E-state index < -0.39 is 0 Å². The zero-order valence-corrected chi connectivity index (χ0v) is 10.7. The van der Waals surface area contributed by atoms with Crippen molar-refractivity contribution in [2.75, 3.05) is 19.7 Å². The van der Waals surface area contributed by atoms with Gasteiger partial charge in [-0.1, -0.05) is 5.16 Å². The van der Waals surface area contributed by atoms with Gasteiger partial charge in [0.25, 0.3) is 11.7 Å². The number of carbonyl (C=O) groups excluding carboxylic acids is 1. The normalized spacial score (nSPS) is 27.1. The fourth-order valence-corrected chi connectivity index (χ4v) is 2.78. The van der Waals surface area contributed by atoms with Gasteiger partial charge in [-0.15, -0.1) is 0 Å². The van der Waals surface area contributed by atoms with Crippen LogP contribution in [0.5, 0.6) is 0 Å². The molecule has 2 saturated heterocycles. The Bertz CT molecular complexity index is 456. The van der Waals surface area contributed by atoms with E-state index in [4.69, 9.17) is 4.52 Å². The molecule has 2 fully saturated rings. The molecule has 0 radical (unpaired) electrons. The number of nitrogens with one attached hydrogen (secondary N) is 1. The summed E-state index contributed by atoms with van der Waals surface area (Å²) in [5.41, 5.74) is 0. The van der Waals surface area contributed by atoms with Crippen LogP contribution in [0.3, 0.4) is 0 Å². The maximum Gasteiger partial charge on any atom is 0.295 e. The Morgan fingerprint density at radius 2 is 2.37 bits per heavy atom. The Morgan fingerprint density at radius 3 is 3.11 bits per heavy atom. The maximum absolute atomic E-state index is 12.3. The van der Waals surface area contributed by atoms with E-state index in [1.54, 1.807) is 4.90 Å². The quantitative estimate of drug-likeness (QED) is 0.805. The Morgan fingerprint density at radius 1 is 1.47 bits per heavy atom. The topological polar surface area (TPSA) is 91.5 Å². The predicted molar refractivity (Wildman–Crippen MR) is 65.4 cm³/mol. The van der Waals surface area contributed by atoms with Gasteiger partial charge >= 0.3 is 0 Å². The minimum atomic E-state index is -0.246. The van der Waals surface area contributed by atoms with Crippen LogP contribution in [-0.4, -0.2) is 51.8 Å². The van der Waals surface area contributed by atoms with Crippen LogP contribution in [0.2, 0.25) is 0 Å². The third-order valence-corrected chi connectivity index (χ3v) is 3.84. The summed E-state index contributed by atoms with van der Waals surface area (Å²) in [5.74, 6) is 0.342. The number of amides is 1. The number of aliphatic hydroxyl groups excluding tert-OH is 1. The molecule has 2 aliphatic rings. The molecule has 7 nitrogen and oxygen atoms in total. The average Bonchev–Trinajstić information content (AvgIpc) is 3.16. The van der Waals surface area contributed by atoms with Crippen LogP contribution in [0.4, 0.5) is 0 Å². The maximum atomic E-state index is 12.3. The van der Waals surface area contributed by atoms with Crippen molar-refractivity contribution in [2.45, 2.75) is 37.8 Å². The number of nitrogens with zero attached hydrogens (tertiary/aromatic N) is 3. The lowest BCUT2D eigenvalue weighted by molar-refractivity contribution is 0.0662. The zero-order chi connectivity index (χ0) is 13.2. The summed E-state index contributed by atoms with van der Waals surface area (Å²) in [6.45, 7) is 1.57. The summed E-state index contributed by atoms with van der Waals surface area (Å²) in [6, 6.07) is -0.0414. The van der Waals surface area contributed by atoms with E-state index in [0.29, 0.717) is 12.4 Å². The van der Waals surface area contributed by atoms with Crippen LogP contribution in [0.1, 0.15) is 48.2 Å². The van der Waals surface area contributed by atoms with Crippen molar-refractivity contribution in [3.8, 4) is 0 Å². The molecule has 1 aromatic rings. The number of likely N-dealkylation sites (tertiary alicyclic amines) is 1. The molecule has 2 atom stereocenters. The standard InChI is InChI=1S/C12H18N4O3/c17-7-8-3-2-6-16(8)12(18)10-14-11(19-15-10)9-4-1-5-13-9/h8-9,13,17H,1-7H2/t8-,9?/m0/s1. The molecule has 2 aliphatic heterocycles. The Labute approximate surface area is 111 Å². The van der Waals surface area contributed by atoms with E-state index in [2.05, 4.69) is 15.5 Å². The second kappa shape index (κ2) is 5.26. The molecule has 0 spiro atoms. The van der Waals surface area contributed by atoms with Gasteiger partial charge in [-0.05, 0) is 32.2 Å². The molecule has 3 rings (SSSR count). The van der Waals surface area contributed by atoms with Crippen LogP contribution >= 0.6 is 0 Å². The number of aromatic nitrogens is 2. The minimum Gasteiger partial charge on any atom is -0.394 e. The summed E-state index contributed by atoms with van der Waals surface area (Å²) < 4.78 is 5.16. The highest BCUT2D eigenvalue weighted by Gasteiger charge is 2.32. The van der Waals surface area contributed by atoms with Crippen molar-refractivity contribution in [1.82, 2.24) is 20.4 Å². The SMILES string of the molecule is O=C(c1noc(C2CCCN2)n1)N1CCC[C@H]1CO. The summed E-state index contributed by atoms with van der Waals surface area (Å²) >= 11 is 0. The second-order valence-electron chi connectivity index (χ2n) is 5.08. The first-order chi connectivity index (χ1) is 9.29. The fraction of sp³-hybridized carbons (Fsp3) is 0.750. The van der Waals surface area contributed by atoms with Gasteiger partial charge in [-0.2, -0.15) is 4.98 Å². The molecular weight excluding hydrogens is 248 g/mol. The first kappa shape index (κ1) is 12.6. The lowest BCUT2D eigenvalue weighted by Gasteiger charge is -2.20. The fourth-order valence-electron chi connectivity index (χ4n) is 2.78. The number of rotatable bonds is 3. The smallest absolute Gasteiger partial charge is 0.295 e. The molecule has 1 amide bonds. The van der Waals surface area contributed by atoms with Crippen LogP contribution in [-0.2, 0) is 0 Å². The first-order valence-corrected chi connectivity index (χ1v) is 6.78. The zero-order valence-electron chi connectivity index (χ0n) is 10.7. The van der Waals surface area contributed by atoms with Crippen molar-refractivity contribution < 1.29 is 14.4 Å². The third kappa shape index (κ3) is 2.35. The predicted octanol–water partition coefficient (Wildman–Crippen LogP) is 0.0910. The van der Waals surface area contributed by atoms with E-state index in [1.165, 1.54) is 0 Å². The van der Waals surface area contributed by atoms with Crippen LogP contribution in [0, 0.1) is 0 Å². The van der Waals surface area contributed by atoms with E-state index in [9.17, 15) is 9.90 Å². The summed E-state index contributed by atoms with van der Waals surface area (Å²) in [6.07, 6.45) is 3.77. The highest BCUT2D eigenvalue weighted by molar-refractivity contribution is 5.90. The number of carbonyl (C=O) groups is 1. The molecule has 2 N–H and O–H groups in total. The molecule has 19 heavy (non-hydrogen) atoms. The molecule has 7 heteroatoms. The van der Waals surface area contributed by atoms with E-state index >= 15 is 0 Å². The highest BCUT2D eigenvalue weighted by Crippen LogP contribution is 2.23. The summed E-state index contributed by atoms with van der Waals surface area (Å²) in [4.78, 5) is 18.1. The molecule has 1 unspecified atom stereocenters. The summed E-state index contributed by atoms with van der Waals surface area (Å²) in [7, 11) is 0. The van der Waals surface area contributed by atoms with Crippen LogP contribution in [0.25, 0.3) is 0 Å². The molecule has 0 aromatic carbocycles. The lowest BCUT2D eigenvalue weighted by atomic mass is 10.2. The molecule has 1 aromatic heterocycles. The number of hydrogen-bond donors (Lipinski definition) is 2. The monoisotopic (exact) mass is 266 g/mol. The van der Waals surface area contributed by atoms with Crippen molar-refractivity contribution in [3.63, 3.8) is 0 Å². The number of hydrogen-bond acceptors (Lipinski definition) is 6. The van der Waals surface area contributed by atoms with Gasteiger partial charge in [0.2, 0.25) is 5.89 Å².